The Morgan fingerprint density at radius 1 is 1.19 bits per heavy atom. The van der Waals surface area contributed by atoms with Gasteiger partial charge in [0.05, 0.1) is 22.5 Å². The van der Waals surface area contributed by atoms with Crippen LogP contribution in [0.4, 0.5) is 0 Å². The molecular formula is C18H17N5OS2. The summed E-state index contributed by atoms with van der Waals surface area (Å²) in [5.41, 5.74) is 3.14. The molecule has 1 aromatic carbocycles. The summed E-state index contributed by atoms with van der Waals surface area (Å²) >= 11 is 3.20. The molecular weight excluding hydrogens is 366 g/mol. The van der Waals surface area contributed by atoms with E-state index in [-0.39, 0.29) is 0 Å². The summed E-state index contributed by atoms with van der Waals surface area (Å²) in [5.74, 6) is 8.21. The summed E-state index contributed by atoms with van der Waals surface area (Å²) in [6.45, 7) is 1.88. The Labute approximate surface area is 159 Å². The van der Waals surface area contributed by atoms with Crippen LogP contribution in [0.5, 0.6) is 0 Å². The van der Waals surface area contributed by atoms with Crippen LogP contribution in [0.3, 0.4) is 0 Å². The van der Waals surface area contributed by atoms with Gasteiger partial charge in [-0.05, 0) is 18.6 Å². The summed E-state index contributed by atoms with van der Waals surface area (Å²) in [5, 5.41) is 12.2. The quantitative estimate of drug-likeness (QED) is 0.402. The smallest absolute Gasteiger partial charge is 0.210 e. The van der Waals surface area contributed by atoms with Gasteiger partial charge < -0.3 is 10.3 Å². The minimum Gasteiger partial charge on any atom is -0.469 e. The standard InChI is InChI=1S/C18H17N5OS2/c1-12-15(7-8-24-12)17-21-22-18(23(17)19)26-11-14-10-25-16(20-14)9-13-5-3-2-4-6-13/h2-8,10H,9,11,19H2,1H3. The zero-order valence-electron chi connectivity index (χ0n) is 14.1. The van der Waals surface area contributed by atoms with Crippen molar-refractivity contribution in [3.63, 3.8) is 0 Å². The lowest BCUT2D eigenvalue weighted by atomic mass is 10.2. The summed E-state index contributed by atoms with van der Waals surface area (Å²) in [4.78, 5) is 4.71. The molecule has 4 aromatic rings. The summed E-state index contributed by atoms with van der Waals surface area (Å²) in [6, 6.07) is 12.2. The van der Waals surface area contributed by atoms with E-state index in [2.05, 4.69) is 27.7 Å². The fraction of sp³-hybridized carbons (Fsp3) is 0.167. The normalized spacial score (nSPS) is 11.1. The lowest BCUT2D eigenvalue weighted by molar-refractivity contribution is 0.535. The van der Waals surface area contributed by atoms with Crippen LogP contribution in [0.1, 0.15) is 22.0 Å². The molecule has 0 aliphatic heterocycles. The maximum atomic E-state index is 6.15. The third-order valence-corrected chi connectivity index (χ3v) is 5.79. The molecule has 6 nitrogen and oxygen atoms in total. The van der Waals surface area contributed by atoms with Gasteiger partial charge in [0, 0.05) is 17.6 Å². The summed E-state index contributed by atoms with van der Waals surface area (Å²) in [6.07, 6.45) is 2.48. The van der Waals surface area contributed by atoms with Crippen LogP contribution in [0, 0.1) is 6.92 Å². The third-order valence-electron chi connectivity index (χ3n) is 3.91. The Morgan fingerprint density at radius 3 is 2.81 bits per heavy atom. The maximum absolute atomic E-state index is 6.15. The van der Waals surface area contributed by atoms with Crippen molar-refractivity contribution >= 4 is 23.1 Å². The second-order valence-electron chi connectivity index (χ2n) is 5.75. The molecule has 0 saturated heterocycles. The molecule has 0 spiro atoms. The second kappa shape index (κ2) is 7.35. The van der Waals surface area contributed by atoms with Crippen molar-refractivity contribution in [3.8, 4) is 11.4 Å². The fourth-order valence-corrected chi connectivity index (χ4v) is 4.26. The van der Waals surface area contributed by atoms with Gasteiger partial charge in [0.25, 0.3) is 0 Å². The molecule has 0 unspecified atom stereocenters. The number of thioether (sulfide) groups is 1. The predicted molar refractivity (Wildman–Crippen MR) is 104 cm³/mol. The fourth-order valence-electron chi connectivity index (χ4n) is 2.58. The second-order valence-corrected chi connectivity index (χ2v) is 7.64. The first-order valence-corrected chi connectivity index (χ1v) is 9.92. The number of benzene rings is 1. The lowest BCUT2D eigenvalue weighted by Gasteiger charge is -2.02. The summed E-state index contributed by atoms with van der Waals surface area (Å²) in [7, 11) is 0. The number of hydrogen-bond acceptors (Lipinski definition) is 7. The molecule has 0 fully saturated rings. The molecule has 3 aromatic heterocycles. The van der Waals surface area contributed by atoms with Crippen molar-refractivity contribution in [2.45, 2.75) is 24.3 Å². The third kappa shape index (κ3) is 3.51. The number of rotatable bonds is 6. The zero-order chi connectivity index (χ0) is 17.9. The molecule has 0 saturated carbocycles. The maximum Gasteiger partial charge on any atom is 0.210 e. The molecule has 0 amide bonds. The molecule has 0 atom stereocenters. The number of aromatic nitrogens is 4. The van der Waals surface area contributed by atoms with E-state index in [1.54, 1.807) is 17.6 Å². The first-order valence-electron chi connectivity index (χ1n) is 8.05. The van der Waals surface area contributed by atoms with E-state index in [1.807, 2.05) is 31.2 Å². The minimum atomic E-state index is 0.599. The highest BCUT2D eigenvalue weighted by molar-refractivity contribution is 7.98. The molecule has 8 heteroatoms. The van der Waals surface area contributed by atoms with Gasteiger partial charge in [-0.25, -0.2) is 9.66 Å². The van der Waals surface area contributed by atoms with E-state index in [1.165, 1.54) is 22.0 Å². The van der Waals surface area contributed by atoms with Crippen LogP contribution in [0.25, 0.3) is 11.4 Å². The molecule has 3 heterocycles. The molecule has 26 heavy (non-hydrogen) atoms. The van der Waals surface area contributed by atoms with Gasteiger partial charge in [0.1, 0.15) is 5.76 Å². The Balaban J connectivity index is 1.42. The lowest BCUT2D eigenvalue weighted by Crippen LogP contribution is -2.11. The van der Waals surface area contributed by atoms with Crippen LogP contribution in [-0.4, -0.2) is 19.9 Å². The van der Waals surface area contributed by atoms with Crippen molar-refractivity contribution in [2.24, 2.45) is 0 Å². The van der Waals surface area contributed by atoms with Crippen LogP contribution in [-0.2, 0) is 12.2 Å². The van der Waals surface area contributed by atoms with Crippen molar-refractivity contribution in [1.82, 2.24) is 19.9 Å². The van der Waals surface area contributed by atoms with Gasteiger partial charge in [-0.1, -0.05) is 42.1 Å². The van der Waals surface area contributed by atoms with Gasteiger partial charge >= 0.3 is 0 Å². The number of nitrogens with two attached hydrogens (primary N) is 1. The highest BCUT2D eigenvalue weighted by atomic mass is 32.2. The molecule has 2 N–H and O–H groups in total. The summed E-state index contributed by atoms with van der Waals surface area (Å²) < 4.78 is 6.81. The Morgan fingerprint density at radius 2 is 2.04 bits per heavy atom. The highest BCUT2D eigenvalue weighted by Crippen LogP contribution is 2.27. The van der Waals surface area contributed by atoms with E-state index in [0.29, 0.717) is 16.7 Å². The average Bonchev–Trinajstić information content (AvgIpc) is 3.35. The van der Waals surface area contributed by atoms with Crippen LogP contribution in [0.2, 0.25) is 0 Å². The number of thiazole rings is 1. The number of nitrogens with zero attached hydrogens (tertiary/aromatic N) is 4. The number of hydrogen-bond donors (Lipinski definition) is 1. The molecule has 0 radical (unpaired) electrons. The zero-order valence-corrected chi connectivity index (χ0v) is 15.8. The van der Waals surface area contributed by atoms with Gasteiger partial charge in [-0.3, -0.25) is 0 Å². The van der Waals surface area contributed by atoms with Gasteiger partial charge in [0.15, 0.2) is 5.82 Å². The number of nitrogen functional groups attached to an aromatic ring is 1. The van der Waals surface area contributed by atoms with Crippen LogP contribution < -0.4 is 5.84 Å². The average molecular weight is 384 g/mol. The first kappa shape index (κ1) is 16.9. The van der Waals surface area contributed by atoms with Crippen LogP contribution in [0.15, 0.2) is 57.6 Å². The topological polar surface area (TPSA) is 82.8 Å². The Kier molecular flexibility index (Phi) is 4.77. The molecule has 4 rings (SSSR count). The number of aryl methyl sites for hydroxylation is 1. The molecule has 0 aliphatic carbocycles. The Hall–Kier alpha value is -2.58. The molecule has 0 aliphatic rings. The molecule has 0 bridgehead atoms. The molecule has 132 valence electrons. The van der Waals surface area contributed by atoms with Crippen molar-refractivity contribution in [3.05, 3.63) is 70.1 Å². The number of furan rings is 1. The van der Waals surface area contributed by atoms with Gasteiger partial charge in [-0.15, -0.1) is 21.5 Å². The SMILES string of the molecule is Cc1occc1-c1nnc(SCc2csc(Cc3ccccc3)n2)n1N. The van der Waals surface area contributed by atoms with Crippen molar-refractivity contribution in [1.29, 1.82) is 0 Å². The van der Waals surface area contributed by atoms with Crippen molar-refractivity contribution < 1.29 is 4.42 Å². The Bertz CT molecular complexity index is 1010. The van der Waals surface area contributed by atoms with Gasteiger partial charge in [0.2, 0.25) is 5.16 Å². The van der Waals surface area contributed by atoms with Crippen LogP contribution >= 0.6 is 23.1 Å². The van der Waals surface area contributed by atoms with E-state index in [0.717, 1.165) is 28.4 Å². The highest BCUT2D eigenvalue weighted by Gasteiger charge is 2.16. The predicted octanol–water partition coefficient (Wildman–Crippen LogP) is 3.90. The minimum absolute atomic E-state index is 0.599. The van der Waals surface area contributed by atoms with E-state index in [4.69, 9.17) is 15.2 Å². The first-order chi connectivity index (χ1) is 12.7. The van der Waals surface area contributed by atoms with E-state index < -0.39 is 0 Å². The van der Waals surface area contributed by atoms with Crippen molar-refractivity contribution in [2.75, 3.05) is 5.84 Å². The largest absolute Gasteiger partial charge is 0.469 e. The van der Waals surface area contributed by atoms with E-state index in [9.17, 15) is 0 Å². The van der Waals surface area contributed by atoms with E-state index >= 15 is 0 Å². The van der Waals surface area contributed by atoms with Gasteiger partial charge in [-0.2, -0.15) is 0 Å². The monoisotopic (exact) mass is 383 g/mol.